The van der Waals surface area contributed by atoms with Crippen LogP contribution in [0.1, 0.15) is 29.7 Å². The molecule has 0 aliphatic carbocycles. The number of epoxide rings is 1. The molecule has 2 rings (SSSR count). The number of methoxy groups -OCH3 is 1. The maximum absolute atomic E-state index is 5.45. The monoisotopic (exact) mass is 192 g/mol. The molecule has 1 aromatic rings. The van der Waals surface area contributed by atoms with E-state index in [1.807, 2.05) is 0 Å². The van der Waals surface area contributed by atoms with E-state index < -0.39 is 0 Å². The Morgan fingerprint density at radius 3 is 2.07 bits per heavy atom. The molecule has 1 heterocycles. The Kier molecular flexibility index (Phi) is 2.23. The number of hydrogen-bond donors (Lipinski definition) is 0. The van der Waals surface area contributed by atoms with Crippen LogP contribution in [0.4, 0.5) is 0 Å². The van der Waals surface area contributed by atoms with Crippen LogP contribution < -0.4 is 4.74 Å². The standard InChI is InChI=1S/C12H16O2/c1-7-5-10(12-9(3)14-12)6-8(2)11(7)13-4/h5-6,9,12H,1-4H3. The maximum Gasteiger partial charge on any atom is 0.124 e. The molecule has 2 nitrogen and oxygen atoms in total. The highest BCUT2D eigenvalue weighted by Gasteiger charge is 2.36. The van der Waals surface area contributed by atoms with Gasteiger partial charge in [0.2, 0.25) is 0 Å². The first-order valence-electron chi connectivity index (χ1n) is 4.94. The van der Waals surface area contributed by atoms with Gasteiger partial charge in [-0.2, -0.15) is 0 Å². The predicted octanol–water partition coefficient (Wildman–Crippen LogP) is 2.77. The fourth-order valence-corrected chi connectivity index (χ4v) is 2.01. The quantitative estimate of drug-likeness (QED) is 0.672. The van der Waals surface area contributed by atoms with Gasteiger partial charge in [-0.25, -0.2) is 0 Å². The summed E-state index contributed by atoms with van der Waals surface area (Å²) >= 11 is 0. The van der Waals surface area contributed by atoms with Crippen molar-refractivity contribution in [2.45, 2.75) is 33.0 Å². The van der Waals surface area contributed by atoms with Gasteiger partial charge in [0.15, 0.2) is 0 Å². The summed E-state index contributed by atoms with van der Waals surface area (Å²) in [5.74, 6) is 0.988. The van der Waals surface area contributed by atoms with E-state index in [0.717, 1.165) is 5.75 Å². The number of hydrogen-bond acceptors (Lipinski definition) is 2. The summed E-state index contributed by atoms with van der Waals surface area (Å²) in [6, 6.07) is 4.31. The van der Waals surface area contributed by atoms with Crippen LogP contribution in [0.5, 0.6) is 5.75 Å². The Morgan fingerprint density at radius 1 is 1.21 bits per heavy atom. The van der Waals surface area contributed by atoms with Crippen LogP contribution in [0.3, 0.4) is 0 Å². The molecule has 2 atom stereocenters. The van der Waals surface area contributed by atoms with Gasteiger partial charge in [-0.15, -0.1) is 0 Å². The molecular formula is C12H16O2. The van der Waals surface area contributed by atoms with Crippen molar-refractivity contribution in [3.8, 4) is 5.75 Å². The predicted molar refractivity (Wildman–Crippen MR) is 55.8 cm³/mol. The van der Waals surface area contributed by atoms with Crippen molar-refractivity contribution >= 4 is 0 Å². The first kappa shape index (κ1) is 9.53. The summed E-state index contributed by atoms with van der Waals surface area (Å²) < 4.78 is 10.8. The molecule has 14 heavy (non-hydrogen) atoms. The Balaban J connectivity index is 2.37. The average Bonchev–Trinajstić information content (AvgIpc) is 2.82. The van der Waals surface area contributed by atoms with Crippen LogP contribution in [0.15, 0.2) is 12.1 Å². The van der Waals surface area contributed by atoms with Gasteiger partial charge in [-0.3, -0.25) is 0 Å². The molecule has 2 unspecified atom stereocenters. The molecule has 2 heteroatoms. The Bertz CT molecular complexity index is 334. The highest BCUT2D eigenvalue weighted by molar-refractivity contribution is 5.44. The number of aryl methyl sites for hydroxylation is 2. The van der Waals surface area contributed by atoms with Crippen LogP contribution >= 0.6 is 0 Å². The first-order valence-corrected chi connectivity index (χ1v) is 4.94. The lowest BCUT2D eigenvalue weighted by molar-refractivity contribution is 0.382. The molecule has 0 aromatic heterocycles. The summed E-state index contributed by atoms with van der Waals surface area (Å²) in [4.78, 5) is 0. The molecule has 0 N–H and O–H groups in total. The average molecular weight is 192 g/mol. The van der Waals surface area contributed by atoms with Crippen molar-refractivity contribution in [2.75, 3.05) is 7.11 Å². The molecule has 0 radical (unpaired) electrons. The summed E-state index contributed by atoms with van der Waals surface area (Å²) in [7, 11) is 1.71. The lowest BCUT2D eigenvalue weighted by atomic mass is 10.0. The van der Waals surface area contributed by atoms with Crippen LogP contribution in [-0.2, 0) is 4.74 Å². The third-order valence-electron chi connectivity index (χ3n) is 2.73. The van der Waals surface area contributed by atoms with Crippen LogP contribution in [0.2, 0.25) is 0 Å². The molecule has 1 aliphatic heterocycles. The smallest absolute Gasteiger partial charge is 0.124 e. The van der Waals surface area contributed by atoms with E-state index in [9.17, 15) is 0 Å². The minimum absolute atomic E-state index is 0.304. The lowest BCUT2D eigenvalue weighted by Gasteiger charge is -2.09. The molecule has 76 valence electrons. The summed E-state index contributed by atoms with van der Waals surface area (Å²) in [6.07, 6.45) is 0.681. The van der Waals surface area contributed by atoms with E-state index in [1.54, 1.807) is 7.11 Å². The summed E-state index contributed by atoms with van der Waals surface area (Å²) in [6.45, 7) is 6.24. The molecule has 1 aromatic carbocycles. The van der Waals surface area contributed by atoms with Crippen molar-refractivity contribution in [1.29, 1.82) is 0 Å². The Morgan fingerprint density at radius 2 is 1.71 bits per heavy atom. The van der Waals surface area contributed by atoms with Gasteiger partial charge in [0.1, 0.15) is 11.9 Å². The molecular weight excluding hydrogens is 176 g/mol. The van der Waals surface area contributed by atoms with Gasteiger partial charge in [0, 0.05) is 0 Å². The van der Waals surface area contributed by atoms with Crippen molar-refractivity contribution in [1.82, 2.24) is 0 Å². The second kappa shape index (κ2) is 3.28. The summed E-state index contributed by atoms with van der Waals surface area (Å²) in [5.41, 5.74) is 3.64. The van der Waals surface area contributed by atoms with Crippen LogP contribution in [-0.4, -0.2) is 13.2 Å². The van der Waals surface area contributed by atoms with Gasteiger partial charge in [0.25, 0.3) is 0 Å². The second-order valence-corrected chi connectivity index (χ2v) is 3.95. The minimum atomic E-state index is 0.304. The van der Waals surface area contributed by atoms with E-state index in [1.165, 1.54) is 16.7 Å². The third kappa shape index (κ3) is 1.50. The van der Waals surface area contributed by atoms with Gasteiger partial charge < -0.3 is 9.47 Å². The topological polar surface area (TPSA) is 21.8 Å². The van der Waals surface area contributed by atoms with Crippen molar-refractivity contribution in [3.05, 3.63) is 28.8 Å². The molecule has 1 saturated heterocycles. The molecule has 1 aliphatic rings. The largest absolute Gasteiger partial charge is 0.496 e. The van der Waals surface area contributed by atoms with Crippen LogP contribution in [0.25, 0.3) is 0 Å². The van der Waals surface area contributed by atoms with Crippen molar-refractivity contribution < 1.29 is 9.47 Å². The van der Waals surface area contributed by atoms with E-state index in [0.29, 0.717) is 12.2 Å². The second-order valence-electron chi connectivity index (χ2n) is 3.95. The van der Waals surface area contributed by atoms with Gasteiger partial charge in [-0.05, 0) is 49.6 Å². The zero-order valence-electron chi connectivity index (χ0n) is 9.13. The molecule has 0 saturated carbocycles. The normalized spacial score (nSPS) is 24.9. The Hall–Kier alpha value is -1.02. The minimum Gasteiger partial charge on any atom is -0.496 e. The van der Waals surface area contributed by atoms with Gasteiger partial charge in [-0.1, -0.05) is 0 Å². The molecule has 0 spiro atoms. The van der Waals surface area contributed by atoms with Crippen LogP contribution in [0, 0.1) is 13.8 Å². The van der Waals surface area contributed by atoms with E-state index in [-0.39, 0.29) is 0 Å². The molecule has 1 fully saturated rings. The van der Waals surface area contributed by atoms with Gasteiger partial charge in [0.05, 0.1) is 13.2 Å². The molecule has 0 amide bonds. The first-order chi connectivity index (χ1) is 6.63. The third-order valence-corrected chi connectivity index (χ3v) is 2.73. The lowest BCUT2D eigenvalue weighted by Crippen LogP contribution is -1.94. The van der Waals surface area contributed by atoms with E-state index >= 15 is 0 Å². The fourth-order valence-electron chi connectivity index (χ4n) is 2.01. The maximum atomic E-state index is 5.45. The fraction of sp³-hybridized carbons (Fsp3) is 0.500. The zero-order valence-corrected chi connectivity index (χ0v) is 9.13. The zero-order chi connectivity index (χ0) is 10.3. The van der Waals surface area contributed by atoms with Gasteiger partial charge >= 0.3 is 0 Å². The number of benzene rings is 1. The number of ether oxygens (including phenoxy) is 2. The number of rotatable bonds is 2. The van der Waals surface area contributed by atoms with E-state index in [4.69, 9.17) is 9.47 Å². The SMILES string of the molecule is COc1c(C)cc(C2OC2C)cc1C. The summed E-state index contributed by atoms with van der Waals surface area (Å²) in [5, 5.41) is 0. The van der Waals surface area contributed by atoms with E-state index in [2.05, 4.69) is 32.9 Å². The highest BCUT2D eigenvalue weighted by atomic mass is 16.6. The molecule has 0 bridgehead atoms. The highest BCUT2D eigenvalue weighted by Crippen LogP contribution is 2.40. The van der Waals surface area contributed by atoms with Crippen molar-refractivity contribution in [2.24, 2.45) is 0 Å². The Labute approximate surface area is 84.8 Å². The van der Waals surface area contributed by atoms with Crippen molar-refractivity contribution in [3.63, 3.8) is 0 Å².